The summed E-state index contributed by atoms with van der Waals surface area (Å²) in [7, 11) is 2.00. The second kappa shape index (κ2) is 7.05. The standard InChI is InChI=1S/C19H21F3N6/c1-4-15-25-26-19-24-18(13-8-27(3)9-14(13)28(15)19)23-10(2)11-6-5-7-12(16(11)20)17(21)22/h5-7,10,17H,4,8-9H2,1-3H3,(H,23,24,26). The Morgan fingerprint density at radius 2 is 1.93 bits per heavy atom. The van der Waals surface area contributed by atoms with Gasteiger partial charge in [-0.15, -0.1) is 10.2 Å². The van der Waals surface area contributed by atoms with E-state index in [0.29, 0.717) is 18.1 Å². The van der Waals surface area contributed by atoms with Crippen LogP contribution in [0.1, 0.15) is 54.5 Å². The van der Waals surface area contributed by atoms with Crippen LogP contribution in [0, 0.1) is 5.82 Å². The van der Waals surface area contributed by atoms with E-state index in [2.05, 4.69) is 25.4 Å². The first kappa shape index (κ1) is 18.7. The number of halogens is 3. The lowest BCUT2D eigenvalue weighted by Gasteiger charge is -2.19. The zero-order valence-corrected chi connectivity index (χ0v) is 15.9. The minimum absolute atomic E-state index is 0.176. The summed E-state index contributed by atoms with van der Waals surface area (Å²) in [5.41, 5.74) is 1.62. The van der Waals surface area contributed by atoms with Crippen molar-refractivity contribution in [2.75, 3.05) is 12.4 Å². The fourth-order valence-corrected chi connectivity index (χ4v) is 3.71. The molecule has 0 amide bonds. The molecule has 9 heteroatoms. The Morgan fingerprint density at radius 3 is 2.64 bits per heavy atom. The van der Waals surface area contributed by atoms with Crippen LogP contribution in [0.25, 0.3) is 5.78 Å². The van der Waals surface area contributed by atoms with E-state index in [1.807, 2.05) is 18.4 Å². The highest BCUT2D eigenvalue weighted by Crippen LogP contribution is 2.33. The SMILES string of the molecule is CCc1nnc2nc(NC(C)c3cccc(C(F)F)c3F)c3c(n12)CN(C)C3. The predicted octanol–water partition coefficient (Wildman–Crippen LogP) is 3.88. The molecule has 0 fully saturated rings. The lowest BCUT2D eigenvalue weighted by atomic mass is 10.0. The van der Waals surface area contributed by atoms with E-state index in [0.717, 1.165) is 36.1 Å². The van der Waals surface area contributed by atoms with Gasteiger partial charge in [0.25, 0.3) is 12.2 Å². The van der Waals surface area contributed by atoms with Crippen LogP contribution in [-0.4, -0.2) is 31.5 Å². The second-order valence-corrected chi connectivity index (χ2v) is 7.08. The van der Waals surface area contributed by atoms with Gasteiger partial charge in [-0.05, 0) is 14.0 Å². The van der Waals surface area contributed by atoms with Crippen LogP contribution in [0.3, 0.4) is 0 Å². The molecule has 0 aliphatic carbocycles. The van der Waals surface area contributed by atoms with Crippen LogP contribution < -0.4 is 5.32 Å². The number of benzene rings is 1. The van der Waals surface area contributed by atoms with Gasteiger partial charge < -0.3 is 5.32 Å². The van der Waals surface area contributed by atoms with Crippen molar-refractivity contribution in [1.82, 2.24) is 24.5 Å². The maximum atomic E-state index is 14.5. The zero-order chi connectivity index (χ0) is 20.0. The third-order valence-electron chi connectivity index (χ3n) is 5.11. The first-order valence-electron chi connectivity index (χ1n) is 9.18. The van der Waals surface area contributed by atoms with Gasteiger partial charge in [-0.2, -0.15) is 4.98 Å². The highest BCUT2D eigenvalue weighted by Gasteiger charge is 2.27. The average molecular weight is 390 g/mol. The van der Waals surface area contributed by atoms with E-state index in [1.165, 1.54) is 12.1 Å². The van der Waals surface area contributed by atoms with Gasteiger partial charge in [0.2, 0.25) is 0 Å². The molecule has 1 aromatic carbocycles. The normalized spacial score (nSPS) is 15.4. The number of hydrogen-bond donors (Lipinski definition) is 1. The molecule has 1 aliphatic rings. The smallest absolute Gasteiger partial charge is 0.266 e. The van der Waals surface area contributed by atoms with Crippen molar-refractivity contribution >= 4 is 11.6 Å². The molecule has 4 rings (SSSR count). The number of anilines is 1. The van der Waals surface area contributed by atoms with Crippen molar-refractivity contribution in [2.45, 2.75) is 45.8 Å². The third-order valence-corrected chi connectivity index (χ3v) is 5.11. The molecule has 0 spiro atoms. The average Bonchev–Trinajstić information content (AvgIpc) is 3.24. The molecule has 28 heavy (non-hydrogen) atoms. The number of nitrogens with one attached hydrogen (secondary N) is 1. The lowest BCUT2D eigenvalue weighted by Crippen LogP contribution is -2.14. The minimum atomic E-state index is -2.86. The van der Waals surface area contributed by atoms with Crippen LogP contribution in [0.5, 0.6) is 0 Å². The molecule has 0 bridgehead atoms. The Balaban J connectivity index is 1.75. The summed E-state index contributed by atoms with van der Waals surface area (Å²) in [5.74, 6) is 1.01. The zero-order valence-electron chi connectivity index (χ0n) is 15.9. The Bertz CT molecular complexity index is 1030. The topological polar surface area (TPSA) is 58.4 Å². The molecule has 2 aromatic heterocycles. The van der Waals surface area contributed by atoms with Gasteiger partial charge in [0.1, 0.15) is 17.5 Å². The highest BCUT2D eigenvalue weighted by atomic mass is 19.3. The number of alkyl halides is 2. The van der Waals surface area contributed by atoms with Crippen molar-refractivity contribution < 1.29 is 13.2 Å². The number of rotatable bonds is 5. The van der Waals surface area contributed by atoms with Crippen LogP contribution in [0.15, 0.2) is 18.2 Å². The molecule has 0 radical (unpaired) electrons. The molecular formula is C19H21F3N6. The van der Waals surface area contributed by atoms with Gasteiger partial charge in [-0.25, -0.2) is 13.2 Å². The van der Waals surface area contributed by atoms with E-state index >= 15 is 0 Å². The van der Waals surface area contributed by atoms with Gasteiger partial charge in [0, 0.05) is 36.3 Å². The van der Waals surface area contributed by atoms with Gasteiger partial charge in [-0.1, -0.05) is 25.1 Å². The number of fused-ring (bicyclic) bond motifs is 3. The Labute approximate surface area is 160 Å². The monoisotopic (exact) mass is 390 g/mol. The number of aryl methyl sites for hydroxylation is 1. The molecule has 1 N–H and O–H groups in total. The number of hydrogen-bond acceptors (Lipinski definition) is 5. The van der Waals surface area contributed by atoms with Crippen molar-refractivity contribution in [3.8, 4) is 0 Å². The molecule has 148 valence electrons. The van der Waals surface area contributed by atoms with Crippen LogP contribution in [0.4, 0.5) is 19.0 Å². The summed E-state index contributed by atoms with van der Waals surface area (Å²) in [5, 5.41) is 11.6. The van der Waals surface area contributed by atoms with E-state index in [4.69, 9.17) is 0 Å². The van der Waals surface area contributed by atoms with Crippen molar-refractivity contribution in [3.63, 3.8) is 0 Å². The number of nitrogens with zero attached hydrogens (tertiary/aromatic N) is 5. The van der Waals surface area contributed by atoms with Crippen molar-refractivity contribution in [3.05, 3.63) is 52.2 Å². The number of aromatic nitrogens is 4. The van der Waals surface area contributed by atoms with Crippen LogP contribution >= 0.6 is 0 Å². The highest BCUT2D eigenvalue weighted by molar-refractivity contribution is 5.55. The summed E-state index contributed by atoms with van der Waals surface area (Å²) in [6, 6.07) is 3.52. The summed E-state index contributed by atoms with van der Waals surface area (Å²) < 4.78 is 42.6. The summed E-state index contributed by atoms with van der Waals surface area (Å²) in [4.78, 5) is 6.72. The first-order valence-corrected chi connectivity index (χ1v) is 9.18. The fraction of sp³-hybridized carbons (Fsp3) is 0.421. The molecule has 0 saturated heterocycles. The van der Waals surface area contributed by atoms with Crippen LogP contribution in [0.2, 0.25) is 0 Å². The molecule has 3 heterocycles. The van der Waals surface area contributed by atoms with Gasteiger partial charge in [-0.3, -0.25) is 9.30 Å². The summed E-state index contributed by atoms with van der Waals surface area (Å²) >= 11 is 0. The third kappa shape index (κ3) is 2.99. The Morgan fingerprint density at radius 1 is 1.18 bits per heavy atom. The largest absolute Gasteiger partial charge is 0.363 e. The first-order chi connectivity index (χ1) is 13.4. The van der Waals surface area contributed by atoms with Crippen molar-refractivity contribution in [2.24, 2.45) is 0 Å². The minimum Gasteiger partial charge on any atom is -0.363 e. The molecule has 1 aliphatic heterocycles. The summed E-state index contributed by atoms with van der Waals surface area (Å²) in [6.45, 7) is 5.13. The predicted molar refractivity (Wildman–Crippen MR) is 98.7 cm³/mol. The second-order valence-electron chi connectivity index (χ2n) is 7.08. The Hall–Kier alpha value is -2.68. The maximum Gasteiger partial charge on any atom is 0.266 e. The lowest BCUT2D eigenvalue weighted by molar-refractivity contribution is 0.146. The molecule has 1 unspecified atom stereocenters. The van der Waals surface area contributed by atoms with Gasteiger partial charge in [0.15, 0.2) is 0 Å². The van der Waals surface area contributed by atoms with Gasteiger partial charge in [0.05, 0.1) is 11.6 Å². The molecule has 6 nitrogen and oxygen atoms in total. The molecule has 0 saturated carbocycles. The van der Waals surface area contributed by atoms with E-state index in [9.17, 15) is 13.2 Å². The Kier molecular flexibility index (Phi) is 4.70. The van der Waals surface area contributed by atoms with E-state index in [-0.39, 0.29) is 5.56 Å². The van der Waals surface area contributed by atoms with Crippen molar-refractivity contribution in [1.29, 1.82) is 0 Å². The quantitative estimate of drug-likeness (QED) is 0.717. The van der Waals surface area contributed by atoms with Gasteiger partial charge >= 0.3 is 0 Å². The maximum absolute atomic E-state index is 14.5. The molecule has 1 atom stereocenters. The van der Waals surface area contributed by atoms with E-state index < -0.39 is 23.8 Å². The molecular weight excluding hydrogens is 369 g/mol. The fourth-order valence-electron chi connectivity index (χ4n) is 3.71. The van der Waals surface area contributed by atoms with Crippen LogP contribution in [-0.2, 0) is 19.5 Å². The molecule has 3 aromatic rings. The van der Waals surface area contributed by atoms with E-state index in [1.54, 1.807) is 6.92 Å². The summed E-state index contributed by atoms with van der Waals surface area (Å²) in [6.07, 6.45) is -2.13.